The summed E-state index contributed by atoms with van der Waals surface area (Å²) in [7, 11) is -3.15. The fourth-order valence-electron chi connectivity index (χ4n) is 5.50. The van der Waals surface area contributed by atoms with Crippen LogP contribution in [0.4, 0.5) is 0 Å². The van der Waals surface area contributed by atoms with E-state index in [4.69, 9.17) is 0 Å². The van der Waals surface area contributed by atoms with E-state index in [0.717, 1.165) is 43.4 Å². The summed E-state index contributed by atoms with van der Waals surface area (Å²) in [4.78, 5) is 0. The molecule has 0 N–H and O–H groups in total. The summed E-state index contributed by atoms with van der Waals surface area (Å²) < 4.78 is 15.5. The second-order valence-electron chi connectivity index (χ2n) is 8.89. The number of hydrogen-bond donors (Lipinski definition) is 0. The van der Waals surface area contributed by atoms with Crippen molar-refractivity contribution >= 4 is 44.6 Å². The van der Waals surface area contributed by atoms with Crippen molar-refractivity contribution in [3.63, 3.8) is 0 Å². The highest BCUT2D eigenvalue weighted by Crippen LogP contribution is 2.53. The Kier molecular flexibility index (Phi) is 4.19. The van der Waals surface area contributed by atoms with Crippen LogP contribution in [0.2, 0.25) is 0 Å². The van der Waals surface area contributed by atoms with Gasteiger partial charge in [0.05, 0.1) is 0 Å². The van der Waals surface area contributed by atoms with Gasteiger partial charge in [0.15, 0.2) is 7.14 Å². The fourth-order valence-corrected chi connectivity index (χ4v) is 8.57. The van der Waals surface area contributed by atoms with Crippen LogP contribution in [0.1, 0.15) is 0 Å². The van der Waals surface area contributed by atoms with Gasteiger partial charge in [-0.05, 0) is 55.9 Å². The molecule has 1 atom stereocenters. The molecule has 0 aromatic heterocycles. The topological polar surface area (TPSA) is 17.1 Å². The third kappa shape index (κ3) is 2.65. The Morgan fingerprint density at radius 1 is 0.441 bits per heavy atom. The summed E-state index contributed by atoms with van der Waals surface area (Å²) in [6.07, 6.45) is 0. The number of hydrogen-bond acceptors (Lipinski definition) is 1. The summed E-state index contributed by atoms with van der Waals surface area (Å²) in [5.41, 5.74) is 4.42. The van der Waals surface area contributed by atoms with Crippen molar-refractivity contribution in [2.24, 2.45) is 0 Å². The zero-order valence-electron chi connectivity index (χ0n) is 18.5. The van der Waals surface area contributed by atoms with Crippen LogP contribution < -0.4 is 15.9 Å². The van der Waals surface area contributed by atoms with E-state index >= 15 is 4.57 Å². The highest BCUT2D eigenvalue weighted by atomic mass is 31.2. The largest absolute Gasteiger partial charge is 0.309 e. The van der Waals surface area contributed by atoms with Gasteiger partial charge in [-0.2, -0.15) is 0 Å². The molecular formula is C32H21OP. The highest BCUT2D eigenvalue weighted by molar-refractivity contribution is 7.85. The van der Waals surface area contributed by atoms with Crippen LogP contribution in [0.15, 0.2) is 127 Å². The molecule has 0 aliphatic carbocycles. The molecule has 6 aromatic carbocycles. The smallest absolute Gasteiger partial charge is 0.172 e. The Morgan fingerprint density at radius 3 is 1.91 bits per heavy atom. The molecule has 0 saturated carbocycles. The quantitative estimate of drug-likeness (QED) is 0.239. The van der Waals surface area contributed by atoms with Crippen LogP contribution in [0.25, 0.3) is 43.8 Å². The average molecular weight is 452 g/mol. The van der Waals surface area contributed by atoms with E-state index in [-0.39, 0.29) is 0 Å². The lowest BCUT2D eigenvalue weighted by atomic mass is 9.89. The molecule has 0 amide bonds. The third-order valence-corrected chi connectivity index (χ3v) is 10.2. The van der Waals surface area contributed by atoms with E-state index in [1.807, 2.05) is 42.5 Å². The average Bonchev–Trinajstić information content (AvgIpc) is 3.00. The van der Waals surface area contributed by atoms with Crippen molar-refractivity contribution in [2.45, 2.75) is 0 Å². The zero-order chi connectivity index (χ0) is 22.7. The summed E-state index contributed by atoms with van der Waals surface area (Å²) >= 11 is 0. The van der Waals surface area contributed by atoms with Crippen LogP contribution in [0.3, 0.4) is 0 Å². The Labute approximate surface area is 198 Å². The first kappa shape index (κ1) is 19.5. The van der Waals surface area contributed by atoms with Crippen LogP contribution in [0.5, 0.6) is 0 Å². The molecule has 0 fully saturated rings. The van der Waals surface area contributed by atoms with Crippen molar-refractivity contribution < 1.29 is 4.57 Å². The van der Waals surface area contributed by atoms with Gasteiger partial charge >= 0.3 is 0 Å². The second-order valence-corrected chi connectivity index (χ2v) is 11.6. The molecule has 1 heterocycles. The predicted molar refractivity (Wildman–Crippen MR) is 145 cm³/mol. The van der Waals surface area contributed by atoms with Crippen molar-refractivity contribution in [3.05, 3.63) is 127 Å². The summed E-state index contributed by atoms with van der Waals surface area (Å²) in [5, 5.41) is 7.34. The highest BCUT2D eigenvalue weighted by Gasteiger charge is 2.38. The summed E-state index contributed by atoms with van der Waals surface area (Å²) in [6, 6.07) is 44.0. The van der Waals surface area contributed by atoms with Crippen molar-refractivity contribution in [3.8, 4) is 22.3 Å². The lowest BCUT2D eigenvalue weighted by Crippen LogP contribution is -2.26. The first-order valence-corrected chi connectivity index (χ1v) is 13.3. The SMILES string of the molecule is O=P1(c2ccccc2)c2cc3ccccc3cc2-c2ccc3ccccc3c2-c2ccccc21. The van der Waals surface area contributed by atoms with E-state index in [2.05, 4.69) is 84.9 Å². The molecule has 1 nitrogen and oxygen atoms in total. The molecule has 7 rings (SSSR count). The van der Waals surface area contributed by atoms with E-state index < -0.39 is 7.14 Å². The van der Waals surface area contributed by atoms with E-state index in [9.17, 15) is 0 Å². The van der Waals surface area contributed by atoms with Gasteiger partial charge in [-0.25, -0.2) is 0 Å². The van der Waals surface area contributed by atoms with Gasteiger partial charge in [0, 0.05) is 15.9 Å². The fraction of sp³-hybridized carbons (Fsp3) is 0. The monoisotopic (exact) mass is 452 g/mol. The van der Waals surface area contributed by atoms with Crippen molar-refractivity contribution in [1.82, 2.24) is 0 Å². The predicted octanol–water partition coefficient (Wildman–Crippen LogP) is 7.28. The Bertz CT molecular complexity index is 1780. The van der Waals surface area contributed by atoms with Crippen molar-refractivity contribution in [2.75, 3.05) is 0 Å². The Balaban J connectivity index is 1.75. The van der Waals surface area contributed by atoms with Gasteiger partial charge in [0.25, 0.3) is 0 Å². The van der Waals surface area contributed by atoms with Gasteiger partial charge in [0.1, 0.15) is 0 Å². The number of fused-ring (bicyclic) bond motifs is 8. The van der Waals surface area contributed by atoms with Gasteiger partial charge < -0.3 is 4.57 Å². The summed E-state index contributed by atoms with van der Waals surface area (Å²) in [6.45, 7) is 0. The van der Waals surface area contributed by atoms with Crippen LogP contribution in [-0.4, -0.2) is 0 Å². The molecule has 0 saturated heterocycles. The standard InChI is InChI=1S/C32H21OP/c33-34(25-13-2-1-3-14-25)30-17-9-8-16-28(30)32-26-15-7-6-10-22(26)18-19-27(32)29-20-23-11-4-5-12-24(23)21-31(29)34/h1-21H. The first-order chi connectivity index (χ1) is 16.7. The minimum Gasteiger partial charge on any atom is -0.309 e. The van der Waals surface area contributed by atoms with E-state index in [0.29, 0.717) is 0 Å². The molecule has 34 heavy (non-hydrogen) atoms. The number of benzene rings is 6. The van der Waals surface area contributed by atoms with Gasteiger partial charge in [-0.15, -0.1) is 0 Å². The Hall–Kier alpha value is -3.93. The lowest BCUT2D eigenvalue weighted by Gasteiger charge is -2.22. The van der Waals surface area contributed by atoms with E-state index in [1.165, 1.54) is 16.3 Å². The minimum atomic E-state index is -3.15. The minimum absolute atomic E-state index is 0.871. The third-order valence-electron chi connectivity index (χ3n) is 7.05. The molecule has 0 spiro atoms. The van der Waals surface area contributed by atoms with Crippen LogP contribution in [0, 0.1) is 0 Å². The molecule has 1 aliphatic rings. The molecule has 1 unspecified atom stereocenters. The Morgan fingerprint density at radius 2 is 1.09 bits per heavy atom. The van der Waals surface area contributed by atoms with E-state index in [1.54, 1.807) is 0 Å². The maximum atomic E-state index is 15.5. The maximum Gasteiger partial charge on any atom is 0.172 e. The summed E-state index contributed by atoms with van der Waals surface area (Å²) in [5.74, 6) is 0. The molecule has 2 heteroatoms. The van der Waals surface area contributed by atoms with Gasteiger partial charge in [-0.1, -0.05) is 115 Å². The molecule has 1 aliphatic heterocycles. The molecule has 6 aromatic rings. The molecule has 0 bridgehead atoms. The number of rotatable bonds is 1. The molecule has 160 valence electrons. The molecular weight excluding hydrogens is 431 g/mol. The van der Waals surface area contributed by atoms with Crippen LogP contribution in [-0.2, 0) is 4.57 Å². The first-order valence-electron chi connectivity index (χ1n) is 11.6. The second kappa shape index (κ2) is 7.29. The van der Waals surface area contributed by atoms with Gasteiger partial charge in [0.2, 0.25) is 0 Å². The van der Waals surface area contributed by atoms with Crippen molar-refractivity contribution in [1.29, 1.82) is 0 Å². The molecule has 0 radical (unpaired) electrons. The zero-order valence-corrected chi connectivity index (χ0v) is 19.4. The van der Waals surface area contributed by atoms with Crippen LogP contribution >= 0.6 is 7.14 Å². The normalized spacial score (nSPS) is 16.5. The van der Waals surface area contributed by atoms with Gasteiger partial charge in [-0.3, -0.25) is 0 Å². The maximum absolute atomic E-state index is 15.5. The lowest BCUT2D eigenvalue weighted by molar-refractivity contribution is 0.592.